The fraction of sp³-hybridized carbons (Fsp3) is 0.357. The zero-order valence-electron chi connectivity index (χ0n) is 12.3. The van der Waals surface area contributed by atoms with E-state index in [1.807, 2.05) is 0 Å². The normalized spacial score (nSPS) is 13.3. The maximum absolute atomic E-state index is 12.7. The van der Waals surface area contributed by atoms with Crippen molar-refractivity contribution in [2.24, 2.45) is 0 Å². The quantitative estimate of drug-likeness (QED) is 0.908. The smallest absolute Gasteiger partial charge is 0.416 e. The predicted octanol–water partition coefficient (Wildman–Crippen LogP) is 2.66. The van der Waals surface area contributed by atoms with Crippen molar-refractivity contribution in [3.63, 3.8) is 0 Å². The Hall–Kier alpha value is -2.42. The Morgan fingerprint density at radius 3 is 2.74 bits per heavy atom. The highest BCUT2D eigenvalue weighted by Gasteiger charge is 2.30. The third-order valence-electron chi connectivity index (χ3n) is 3.32. The maximum atomic E-state index is 12.7. The highest BCUT2D eigenvalue weighted by Crippen LogP contribution is 2.31. The fourth-order valence-corrected chi connectivity index (χ4v) is 1.81. The molecule has 0 amide bonds. The number of hydrogen-bond acceptors (Lipinski definition) is 5. The number of benzene rings is 1. The minimum Gasteiger partial charge on any atom is -0.480 e. The van der Waals surface area contributed by atoms with Gasteiger partial charge in [-0.1, -0.05) is 17.3 Å². The lowest BCUT2D eigenvalue weighted by Crippen LogP contribution is -2.35. The summed E-state index contributed by atoms with van der Waals surface area (Å²) >= 11 is 0. The lowest BCUT2D eigenvalue weighted by Gasteiger charge is -2.18. The second-order valence-electron chi connectivity index (χ2n) is 5.02. The number of rotatable bonds is 5. The van der Waals surface area contributed by atoms with Crippen LogP contribution in [0.4, 0.5) is 13.2 Å². The van der Waals surface area contributed by atoms with E-state index in [9.17, 15) is 18.0 Å². The summed E-state index contributed by atoms with van der Waals surface area (Å²) in [6.45, 7) is 1.56. The third-order valence-corrected chi connectivity index (χ3v) is 3.32. The van der Waals surface area contributed by atoms with E-state index < -0.39 is 23.8 Å². The molecule has 2 aromatic rings. The molecule has 0 aliphatic carbocycles. The Morgan fingerprint density at radius 1 is 1.43 bits per heavy atom. The van der Waals surface area contributed by atoms with Crippen LogP contribution in [0.1, 0.15) is 18.4 Å². The van der Waals surface area contributed by atoms with Gasteiger partial charge in [0.15, 0.2) is 0 Å². The molecule has 1 unspecified atom stereocenters. The van der Waals surface area contributed by atoms with Crippen LogP contribution in [-0.2, 0) is 17.5 Å². The SMILES string of the molecule is CC(C(=O)O)N(C)Cc1nc(-c2cccc(C(F)(F)F)c2)no1. The zero-order valence-corrected chi connectivity index (χ0v) is 12.3. The van der Waals surface area contributed by atoms with Crippen molar-refractivity contribution in [3.8, 4) is 11.4 Å². The Kier molecular flexibility index (Phi) is 4.69. The number of carboxylic acids is 1. The molecular formula is C14H14F3N3O3. The van der Waals surface area contributed by atoms with Gasteiger partial charge < -0.3 is 9.63 Å². The van der Waals surface area contributed by atoms with Crippen molar-refractivity contribution in [2.45, 2.75) is 25.7 Å². The number of alkyl halides is 3. The van der Waals surface area contributed by atoms with Gasteiger partial charge in [-0.25, -0.2) is 0 Å². The highest BCUT2D eigenvalue weighted by molar-refractivity contribution is 5.72. The van der Waals surface area contributed by atoms with Crippen LogP contribution >= 0.6 is 0 Å². The molecule has 0 aliphatic heterocycles. The summed E-state index contributed by atoms with van der Waals surface area (Å²) in [7, 11) is 1.56. The highest BCUT2D eigenvalue weighted by atomic mass is 19.4. The largest absolute Gasteiger partial charge is 0.480 e. The van der Waals surface area contributed by atoms with Gasteiger partial charge >= 0.3 is 12.1 Å². The van der Waals surface area contributed by atoms with Gasteiger partial charge in [-0.2, -0.15) is 18.2 Å². The van der Waals surface area contributed by atoms with E-state index in [1.54, 1.807) is 7.05 Å². The Balaban J connectivity index is 2.18. The van der Waals surface area contributed by atoms with Gasteiger partial charge in [0.25, 0.3) is 0 Å². The monoisotopic (exact) mass is 329 g/mol. The lowest BCUT2D eigenvalue weighted by molar-refractivity contribution is -0.142. The number of aromatic nitrogens is 2. The molecule has 1 aromatic carbocycles. The third kappa shape index (κ3) is 4.07. The minimum atomic E-state index is -4.46. The van der Waals surface area contributed by atoms with E-state index in [2.05, 4.69) is 10.1 Å². The van der Waals surface area contributed by atoms with E-state index in [1.165, 1.54) is 24.0 Å². The van der Waals surface area contributed by atoms with Crippen molar-refractivity contribution >= 4 is 5.97 Å². The van der Waals surface area contributed by atoms with Crippen LogP contribution in [0.2, 0.25) is 0 Å². The molecule has 1 atom stereocenters. The molecule has 0 spiro atoms. The standard InChI is InChI=1S/C14H14F3N3O3/c1-8(13(21)22)20(2)7-11-18-12(19-23-11)9-4-3-5-10(6-9)14(15,16)17/h3-6,8H,7H2,1-2H3,(H,21,22). The lowest BCUT2D eigenvalue weighted by atomic mass is 10.1. The van der Waals surface area contributed by atoms with Crippen LogP contribution in [0, 0.1) is 0 Å². The summed E-state index contributed by atoms with van der Waals surface area (Å²) in [4.78, 5) is 16.3. The van der Waals surface area contributed by atoms with Crippen LogP contribution < -0.4 is 0 Å². The summed E-state index contributed by atoms with van der Waals surface area (Å²) in [5.41, 5.74) is -0.637. The van der Waals surface area contributed by atoms with E-state index in [4.69, 9.17) is 9.63 Å². The van der Waals surface area contributed by atoms with E-state index in [-0.39, 0.29) is 23.8 Å². The molecule has 1 heterocycles. The average Bonchev–Trinajstić information content (AvgIpc) is 2.94. The summed E-state index contributed by atoms with van der Waals surface area (Å²) in [5.74, 6) is -0.874. The Morgan fingerprint density at radius 2 is 2.13 bits per heavy atom. The minimum absolute atomic E-state index is 0.0162. The van der Waals surface area contributed by atoms with Crippen LogP contribution in [0.5, 0.6) is 0 Å². The molecule has 0 saturated heterocycles. The van der Waals surface area contributed by atoms with Gasteiger partial charge in [-0.15, -0.1) is 0 Å². The van der Waals surface area contributed by atoms with E-state index in [0.717, 1.165) is 12.1 Å². The van der Waals surface area contributed by atoms with Crippen LogP contribution in [0.15, 0.2) is 28.8 Å². The summed E-state index contributed by atoms with van der Waals surface area (Å²) in [5, 5.41) is 12.5. The van der Waals surface area contributed by atoms with Crippen molar-refractivity contribution < 1.29 is 27.6 Å². The molecular weight excluding hydrogens is 315 g/mol. The van der Waals surface area contributed by atoms with Crippen molar-refractivity contribution in [1.82, 2.24) is 15.0 Å². The number of aliphatic carboxylic acids is 1. The number of halogens is 3. The maximum Gasteiger partial charge on any atom is 0.416 e. The number of nitrogens with zero attached hydrogens (tertiary/aromatic N) is 3. The Labute approximate surface area is 129 Å². The van der Waals surface area contributed by atoms with E-state index >= 15 is 0 Å². The number of hydrogen-bond donors (Lipinski definition) is 1. The van der Waals surface area contributed by atoms with Crippen molar-refractivity contribution in [1.29, 1.82) is 0 Å². The van der Waals surface area contributed by atoms with Crippen LogP contribution in [0.25, 0.3) is 11.4 Å². The van der Waals surface area contributed by atoms with Crippen LogP contribution in [-0.4, -0.2) is 39.2 Å². The summed E-state index contributed by atoms with van der Waals surface area (Å²) in [6, 6.07) is 3.81. The number of likely N-dealkylation sites (N-methyl/N-ethyl adjacent to an activating group) is 1. The first-order valence-corrected chi connectivity index (χ1v) is 6.61. The molecule has 0 fully saturated rings. The molecule has 0 bridgehead atoms. The van der Waals surface area contributed by atoms with Crippen molar-refractivity contribution in [2.75, 3.05) is 7.05 Å². The molecule has 1 aromatic heterocycles. The Bertz CT molecular complexity index is 700. The summed E-state index contributed by atoms with van der Waals surface area (Å²) in [6.07, 6.45) is -4.46. The average molecular weight is 329 g/mol. The van der Waals surface area contributed by atoms with Crippen LogP contribution in [0.3, 0.4) is 0 Å². The van der Waals surface area contributed by atoms with Crippen molar-refractivity contribution in [3.05, 3.63) is 35.7 Å². The van der Waals surface area contributed by atoms with Gasteiger partial charge in [-0.3, -0.25) is 9.69 Å². The molecule has 0 saturated carbocycles. The second-order valence-corrected chi connectivity index (χ2v) is 5.02. The first-order chi connectivity index (χ1) is 10.7. The second kappa shape index (κ2) is 6.37. The first-order valence-electron chi connectivity index (χ1n) is 6.61. The molecule has 1 N–H and O–H groups in total. The first kappa shape index (κ1) is 16.9. The van der Waals surface area contributed by atoms with Gasteiger partial charge in [0.1, 0.15) is 6.04 Å². The molecule has 124 valence electrons. The molecule has 9 heteroatoms. The summed E-state index contributed by atoms with van der Waals surface area (Å²) < 4.78 is 43.1. The van der Waals surface area contributed by atoms with Gasteiger partial charge in [-0.05, 0) is 26.1 Å². The molecule has 2 rings (SSSR count). The molecule has 23 heavy (non-hydrogen) atoms. The molecule has 6 nitrogen and oxygen atoms in total. The van der Waals surface area contributed by atoms with Gasteiger partial charge in [0.2, 0.25) is 11.7 Å². The molecule has 0 aliphatic rings. The van der Waals surface area contributed by atoms with E-state index in [0.29, 0.717) is 0 Å². The number of carboxylic acid groups (broad SMARTS) is 1. The van der Waals surface area contributed by atoms with Gasteiger partial charge in [0, 0.05) is 5.56 Å². The van der Waals surface area contributed by atoms with Gasteiger partial charge in [0.05, 0.1) is 12.1 Å². The fourth-order valence-electron chi connectivity index (χ4n) is 1.81. The zero-order chi connectivity index (χ0) is 17.2. The number of carbonyl (C=O) groups is 1. The topological polar surface area (TPSA) is 79.5 Å². The molecule has 0 radical (unpaired) electrons. The predicted molar refractivity (Wildman–Crippen MR) is 73.3 cm³/mol.